The van der Waals surface area contributed by atoms with E-state index in [0.717, 1.165) is 5.56 Å². The largest absolute Gasteiger partial charge is 0.465 e. The topological polar surface area (TPSA) is 125 Å². The second-order valence-corrected chi connectivity index (χ2v) is 6.23. The van der Waals surface area contributed by atoms with Gasteiger partial charge in [-0.05, 0) is 26.0 Å². The Morgan fingerprint density at radius 2 is 1.82 bits per heavy atom. The Morgan fingerprint density at radius 1 is 1.11 bits per heavy atom. The number of carbonyl (C=O) groups excluding carboxylic acids is 2. The summed E-state index contributed by atoms with van der Waals surface area (Å²) < 4.78 is 4.82. The standard InChI is InChI=1S/C19H25N5O4/c1-12-4-6-15(7-5-12)23-18(26)16-13(2)22-19(27)24-17(16)21-9-8-20-10-11-28-14(3)25/h4-7,20H,8-11H2,1-3H3,(H,23,26)(H2,21,22,24,27). The van der Waals surface area contributed by atoms with Crippen molar-refractivity contribution in [3.63, 3.8) is 0 Å². The molecule has 0 saturated heterocycles. The molecule has 0 bridgehead atoms. The minimum Gasteiger partial charge on any atom is -0.465 e. The number of carbonyl (C=O) groups is 2. The van der Waals surface area contributed by atoms with Crippen molar-refractivity contribution in [3.05, 3.63) is 51.6 Å². The Labute approximate surface area is 162 Å². The van der Waals surface area contributed by atoms with Crippen molar-refractivity contribution in [2.45, 2.75) is 20.8 Å². The van der Waals surface area contributed by atoms with Crippen molar-refractivity contribution in [3.8, 4) is 0 Å². The van der Waals surface area contributed by atoms with E-state index in [0.29, 0.717) is 31.0 Å². The number of benzene rings is 1. The molecule has 1 aromatic carbocycles. The molecule has 150 valence electrons. The molecule has 0 aliphatic heterocycles. The first kappa shape index (κ1) is 21.1. The molecule has 0 spiro atoms. The molecule has 0 saturated carbocycles. The Hall–Kier alpha value is -3.20. The number of anilines is 2. The monoisotopic (exact) mass is 387 g/mol. The first-order chi connectivity index (χ1) is 13.4. The number of hydrogen-bond acceptors (Lipinski definition) is 7. The molecule has 9 nitrogen and oxygen atoms in total. The number of aromatic amines is 1. The molecule has 9 heteroatoms. The van der Waals surface area contributed by atoms with Crippen LogP contribution in [0.1, 0.15) is 28.5 Å². The zero-order valence-corrected chi connectivity index (χ0v) is 16.2. The van der Waals surface area contributed by atoms with Gasteiger partial charge < -0.3 is 25.7 Å². The van der Waals surface area contributed by atoms with E-state index in [1.807, 2.05) is 31.2 Å². The minimum absolute atomic E-state index is 0.215. The number of rotatable bonds is 9. The smallest absolute Gasteiger partial charge is 0.347 e. The Balaban J connectivity index is 1.99. The van der Waals surface area contributed by atoms with Gasteiger partial charge in [0.25, 0.3) is 5.91 Å². The highest BCUT2D eigenvalue weighted by Crippen LogP contribution is 2.16. The lowest BCUT2D eigenvalue weighted by Gasteiger charge is -2.13. The van der Waals surface area contributed by atoms with Gasteiger partial charge in [0.05, 0.1) is 0 Å². The van der Waals surface area contributed by atoms with Crippen LogP contribution in [0.5, 0.6) is 0 Å². The SMILES string of the molecule is CC(=O)OCCNCCNc1nc(=O)[nH]c(C)c1C(=O)Nc1ccc(C)cc1. The first-order valence-electron chi connectivity index (χ1n) is 8.93. The second kappa shape index (κ2) is 10.2. The van der Waals surface area contributed by atoms with Crippen molar-refractivity contribution in [1.29, 1.82) is 0 Å². The van der Waals surface area contributed by atoms with Crippen LogP contribution in [0.2, 0.25) is 0 Å². The van der Waals surface area contributed by atoms with Crippen molar-refractivity contribution < 1.29 is 14.3 Å². The van der Waals surface area contributed by atoms with E-state index in [1.54, 1.807) is 6.92 Å². The summed E-state index contributed by atoms with van der Waals surface area (Å²) in [5, 5.41) is 8.90. The summed E-state index contributed by atoms with van der Waals surface area (Å²) in [5.74, 6) is -0.476. The molecular weight excluding hydrogens is 362 g/mol. The van der Waals surface area contributed by atoms with Gasteiger partial charge in [-0.2, -0.15) is 4.98 Å². The van der Waals surface area contributed by atoms with E-state index in [1.165, 1.54) is 6.92 Å². The number of nitrogens with zero attached hydrogens (tertiary/aromatic N) is 1. The number of nitrogens with one attached hydrogen (secondary N) is 4. The van der Waals surface area contributed by atoms with Crippen LogP contribution in [0.15, 0.2) is 29.1 Å². The third kappa shape index (κ3) is 6.51. The van der Waals surface area contributed by atoms with Crippen LogP contribution >= 0.6 is 0 Å². The molecule has 0 radical (unpaired) electrons. The quantitative estimate of drug-likeness (QED) is 0.376. The molecule has 0 aliphatic rings. The number of aromatic nitrogens is 2. The predicted octanol–water partition coefficient (Wildman–Crippen LogP) is 1.20. The number of amides is 1. The zero-order valence-electron chi connectivity index (χ0n) is 16.2. The maximum atomic E-state index is 12.7. The van der Waals surface area contributed by atoms with Gasteiger partial charge in [0.2, 0.25) is 0 Å². The highest BCUT2D eigenvalue weighted by molar-refractivity contribution is 6.08. The van der Waals surface area contributed by atoms with Crippen molar-refractivity contribution >= 4 is 23.4 Å². The van der Waals surface area contributed by atoms with E-state index in [-0.39, 0.29) is 29.9 Å². The van der Waals surface area contributed by atoms with E-state index in [9.17, 15) is 14.4 Å². The van der Waals surface area contributed by atoms with Crippen LogP contribution in [0.4, 0.5) is 11.5 Å². The molecule has 4 N–H and O–H groups in total. The van der Waals surface area contributed by atoms with E-state index in [2.05, 4.69) is 25.9 Å². The van der Waals surface area contributed by atoms with E-state index in [4.69, 9.17) is 4.74 Å². The highest BCUT2D eigenvalue weighted by atomic mass is 16.5. The summed E-state index contributed by atoms with van der Waals surface area (Å²) in [5.41, 5.74) is 1.91. The van der Waals surface area contributed by atoms with Crippen LogP contribution < -0.4 is 21.6 Å². The van der Waals surface area contributed by atoms with Crippen LogP contribution in [0.3, 0.4) is 0 Å². The molecule has 0 aliphatic carbocycles. The molecule has 2 rings (SSSR count). The maximum absolute atomic E-state index is 12.7. The van der Waals surface area contributed by atoms with Gasteiger partial charge in [-0.15, -0.1) is 0 Å². The molecular formula is C19H25N5O4. The Kier molecular flexibility index (Phi) is 7.70. The lowest BCUT2D eigenvalue weighted by molar-refractivity contribution is -0.140. The van der Waals surface area contributed by atoms with Crippen molar-refractivity contribution in [2.75, 3.05) is 36.9 Å². The summed E-state index contributed by atoms with van der Waals surface area (Å²) in [6, 6.07) is 7.41. The highest BCUT2D eigenvalue weighted by Gasteiger charge is 2.17. The third-order valence-corrected chi connectivity index (χ3v) is 3.83. The Bertz CT molecular complexity index is 877. The molecule has 1 heterocycles. The molecule has 28 heavy (non-hydrogen) atoms. The van der Waals surface area contributed by atoms with Gasteiger partial charge in [-0.1, -0.05) is 17.7 Å². The zero-order chi connectivity index (χ0) is 20.5. The first-order valence-corrected chi connectivity index (χ1v) is 8.93. The fourth-order valence-corrected chi connectivity index (χ4v) is 2.48. The van der Waals surface area contributed by atoms with Crippen molar-refractivity contribution in [1.82, 2.24) is 15.3 Å². The van der Waals surface area contributed by atoms with Gasteiger partial charge in [0.1, 0.15) is 18.0 Å². The number of H-pyrrole nitrogens is 1. The van der Waals surface area contributed by atoms with Crippen LogP contribution in [-0.2, 0) is 9.53 Å². The summed E-state index contributed by atoms with van der Waals surface area (Å²) in [6.07, 6.45) is 0. The Morgan fingerprint density at radius 3 is 2.50 bits per heavy atom. The van der Waals surface area contributed by atoms with Crippen LogP contribution in [-0.4, -0.2) is 48.1 Å². The third-order valence-electron chi connectivity index (χ3n) is 3.83. The fourth-order valence-electron chi connectivity index (χ4n) is 2.48. The summed E-state index contributed by atoms with van der Waals surface area (Å²) in [6.45, 7) is 6.71. The fraction of sp³-hybridized carbons (Fsp3) is 0.368. The van der Waals surface area contributed by atoms with E-state index < -0.39 is 5.69 Å². The lowest BCUT2D eigenvalue weighted by Crippen LogP contribution is -2.29. The average molecular weight is 387 g/mol. The van der Waals surface area contributed by atoms with E-state index >= 15 is 0 Å². The number of hydrogen-bond donors (Lipinski definition) is 4. The number of aryl methyl sites for hydroxylation is 2. The van der Waals surface area contributed by atoms with Crippen LogP contribution in [0, 0.1) is 13.8 Å². The van der Waals surface area contributed by atoms with Crippen molar-refractivity contribution in [2.24, 2.45) is 0 Å². The average Bonchev–Trinajstić information content (AvgIpc) is 2.62. The lowest BCUT2D eigenvalue weighted by atomic mass is 10.2. The van der Waals surface area contributed by atoms with Gasteiger partial charge >= 0.3 is 11.7 Å². The van der Waals surface area contributed by atoms with Crippen LogP contribution in [0.25, 0.3) is 0 Å². The maximum Gasteiger partial charge on any atom is 0.347 e. The van der Waals surface area contributed by atoms with Gasteiger partial charge in [-0.25, -0.2) is 4.79 Å². The second-order valence-electron chi connectivity index (χ2n) is 6.23. The summed E-state index contributed by atoms with van der Waals surface area (Å²) in [4.78, 5) is 41.6. The molecule has 0 unspecified atom stereocenters. The predicted molar refractivity (Wildman–Crippen MR) is 107 cm³/mol. The molecule has 1 aromatic heterocycles. The van der Waals surface area contributed by atoms with Gasteiger partial charge in [-0.3, -0.25) is 9.59 Å². The normalized spacial score (nSPS) is 10.4. The number of esters is 1. The molecule has 1 amide bonds. The molecule has 0 fully saturated rings. The number of ether oxygens (including phenoxy) is 1. The van der Waals surface area contributed by atoms with Gasteiger partial charge in [0, 0.05) is 37.9 Å². The molecule has 0 atom stereocenters. The minimum atomic E-state index is -0.533. The van der Waals surface area contributed by atoms with Gasteiger partial charge in [0.15, 0.2) is 0 Å². The summed E-state index contributed by atoms with van der Waals surface area (Å²) in [7, 11) is 0. The summed E-state index contributed by atoms with van der Waals surface area (Å²) >= 11 is 0. The molecule has 2 aromatic rings.